The number of sulfonamides is 1. The third kappa shape index (κ3) is 7.12. The molecular weight excluding hydrogens is 542 g/mol. The van der Waals surface area contributed by atoms with Gasteiger partial charge in [-0.2, -0.15) is 0 Å². The fraction of sp³-hybridized carbons (Fsp3) is 0.536. The number of aliphatic hydroxyl groups is 1. The van der Waals surface area contributed by atoms with Crippen LogP contribution in [0.2, 0.25) is 0 Å². The highest BCUT2D eigenvalue weighted by atomic mass is 32.2. The van der Waals surface area contributed by atoms with Gasteiger partial charge in [0, 0.05) is 30.0 Å². The van der Waals surface area contributed by atoms with Crippen molar-refractivity contribution in [1.29, 1.82) is 0 Å². The van der Waals surface area contributed by atoms with Crippen LogP contribution in [0.5, 0.6) is 5.75 Å². The fourth-order valence-electron chi connectivity index (χ4n) is 4.69. The maximum atomic E-state index is 13.6. The average molecular weight is 580 g/mol. The molecule has 0 radical (unpaired) electrons. The second kappa shape index (κ2) is 12.0. The van der Waals surface area contributed by atoms with Gasteiger partial charge >= 0.3 is 5.97 Å². The first-order valence-electron chi connectivity index (χ1n) is 13.0. The molecule has 1 saturated heterocycles. The molecule has 0 saturated carbocycles. The largest absolute Gasteiger partial charge is 0.466 e. The molecule has 0 bridgehead atoms. The molecule has 2 aliphatic heterocycles. The van der Waals surface area contributed by atoms with E-state index in [1.165, 1.54) is 7.11 Å². The first-order valence-corrected chi connectivity index (χ1v) is 14.9. The Morgan fingerprint density at radius 1 is 1.18 bits per heavy atom. The van der Waals surface area contributed by atoms with Crippen LogP contribution in [0.25, 0.3) is 17.0 Å². The Kier molecular flexibility index (Phi) is 9.08. The Hall–Kier alpha value is -2.74. The maximum absolute atomic E-state index is 13.6. The molecule has 1 aromatic carbocycles. The highest BCUT2D eigenvalue weighted by Crippen LogP contribution is 2.37. The first kappa shape index (κ1) is 30.2. The van der Waals surface area contributed by atoms with Crippen molar-refractivity contribution in [2.75, 3.05) is 20.2 Å². The smallest absolute Gasteiger partial charge is 0.342 e. The number of furan rings is 1. The van der Waals surface area contributed by atoms with Gasteiger partial charge < -0.3 is 33.2 Å². The second-order valence-corrected chi connectivity index (χ2v) is 12.4. The second-order valence-electron chi connectivity index (χ2n) is 10.6. The standard InChI is InChI=1S/C28H37NO10S/c1-16-10-11-21(30)26-22(38-28(3,4)39-26)9-7-8-19-20-12-18(14-29-40(6,32)33)37-23(20)13-24(35-15-34-5)25(19)27(31)36-17(16)2/h7-8,10-13,16-17,21-22,26,29-30H,9,14-15H2,1-6H3/t16-,17+,21?,22+,26-/m1/s1. The predicted octanol–water partition coefficient (Wildman–Crippen LogP) is 3.50. The number of cyclic esters (lactones) is 1. The van der Waals surface area contributed by atoms with Crippen LogP contribution in [0.1, 0.15) is 55.8 Å². The Balaban J connectivity index is 1.85. The van der Waals surface area contributed by atoms with Crippen molar-refractivity contribution in [2.24, 2.45) is 5.92 Å². The van der Waals surface area contributed by atoms with Gasteiger partial charge in [0.15, 0.2) is 12.6 Å². The summed E-state index contributed by atoms with van der Waals surface area (Å²) in [6, 6.07) is 3.24. The van der Waals surface area contributed by atoms with Crippen molar-refractivity contribution >= 4 is 33.0 Å². The minimum atomic E-state index is -3.46. The summed E-state index contributed by atoms with van der Waals surface area (Å²) in [6.45, 7) is 7.03. The molecule has 5 atom stereocenters. The maximum Gasteiger partial charge on any atom is 0.342 e. The van der Waals surface area contributed by atoms with Crippen molar-refractivity contribution < 1.29 is 46.4 Å². The molecule has 3 heterocycles. The Bertz CT molecular complexity index is 1390. The molecule has 1 aromatic heterocycles. The summed E-state index contributed by atoms with van der Waals surface area (Å²) >= 11 is 0. The van der Waals surface area contributed by atoms with Crippen LogP contribution in [0.3, 0.4) is 0 Å². The van der Waals surface area contributed by atoms with Crippen molar-refractivity contribution in [3.8, 4) is 5.75 Å². The van der Waals surface area contributed by atoms with Crippen molar-refractivity contribution in [3.63, 3.8) is 0 Å². The number of methoxy groups -OCH3 is 1. The number of fused-ring (bicyclic) bond motifs is 4. The first-order chi connectivity index (χ1) is 18.8. The monoisotopic (exact) mass is 579 g/mol. The van der Waals surface area contributed by atoms with E-state index >= 15 is 0 Å². The summed E-state index contributed by atoms with van der Waals surface area (Å²) in [4.78, 5) is 13.6. The third-order valence-corrected chi connectivity index (χ3v) is 7.45. The van der Waals surface area contributed by atoms with Gasteiger partial charge in [0.05, 0.1) is 18.9 Å². The summed E-state index contributed by atoms with van der Waals surface area (Å²) in [6.07, 6.45) is 5.88. The van der Waals surface area contributed by atoms with Gasteiger partial charge in [0.25, 0.3) is 0 Å². The van der Waals surface area contributed by atoms with Gasteiger partial charge in [-0.3, -0.25) is 0 Å². The number of rotatable bonds is 6. The van der Waals surface area contributed by atoms with Crippen LogP contribution in [-0.2, 0) is 35.5 Å². The summed E-state index contributed by atoms with van der Waals surface area (Å²) < 4.78 is 60.5. The Morgan fingerprint density at radius 2 is 1.93 bits per heavy atom. The van der Waals surface area contributed by atoms with Crippen LogP contribution in [0.4, 0.5) is 0 Å². The number of ether oxygens (including phenoxy) is 5. The zero-order chi connectivity index (χ0) is 29.2. The number of aliphatic hydroxyl groups excluding tert-OH is 1. The van der Waals surface area contributed by atoms with Crippen LogP contribution < -0.4 is 9.46 Å². The number of hydrogen-bond donors (Lipinski definition) is 2. The van der Waals surface area contributed by atoms with Gasteiger partial charge in [-0.15, -0.1) is 0 Å². The lowest BCUT2D eigenvalue weighted by atomic mass is 9.97. The molecule has 0 aliphatic carbocycles. The summed E-state index contributed by atoms with van der Waals surface area (Å²) in [5.74, 6) is -1.20. The Morgan fingerprint density at radius 3 is 2.62 bits per heavy atom. The molecule has 12 heteroatoms. The summed E-state index contributed by atoms with van der Waals surface area (Å²) in [5, 5.41) is 11.5. The number of nitrogens with one attached hydrogen (secondary N) is 1. The molecule has 1 fully saturated rings. The molecule has 40 heavy (non-hydrogen) atoms. The molecule has 2 aromatic rings. The molecule has 2 aliphatic rings. The number of carbonyl (C=O) groups excluding carboxylic acids is 1. The molecule has 4 rings (SSSR count). The van der Waals surface area contributed by atoms with Crippen molar-refractivity contribution in [3.05, 3.63) is 47.2 Å². The van der Waals surface area contributed by atoms with E-state index in [9.17, 15) is 18.3 Å². The van der Waals surface area contributed by atoms with Crippen molar-refractivity contribution in [2.45, 2.75) is 70.9 Å². The van der Waals surface area contributed by atoms with Crippen LogP contribution in [0.15, 0.2) is 34.8 Å². The van der Waals surface area contributed by atoms with Gasteiger partial charge in [0.1, 0.15) is 41.0 Å². The number of hydrogen-bond acceptors (Lipinski definition) is 10. The number of benzene rings is 1. The van der Waals surface area contributed by atoms with E-state index in [4.69, 9.17) is 28.1 Å². The van der Waals surface area contributed by atoms with Crippen LogP contribution in [0, 0.1) is 5.92 Å². The molecule has 2 N–H and O–H groups in total. The van der Waals surface area contributed by atoms with Crippen molar-refractivity contribution in [1.82, 2.24) is 4.72 Å². The molecular formula is C28H37NO10S. The number of esters is 1. The normalized spacial score (nSPS) is 27.2. The van der Waals surface area contributed by atoms with E-state index in [0.717, 1.165) is 6.26 Å². The fourth-order valence-corrected chi connectivity index (χ4v) is 5.09. The lowest BCUT2D eigenvalue weighted by molar-refractivity contribution is -0.152. The summed E-state index contributed by atoms with van der Waals surface area (Å²) in [7, 11) is -2.00. The van der Waals surface area contributed by atoms with E-state index in [1.807, 2.05) is 13.0 Å². The highest BCUT2D eigenvalue weighted by Gasteiger charge is 2.43. The molecule has 11 nitrogen and oxygen atoms in total. The average Bonchev–Trinajstić information content (AvgIpc) is 3.42. The minimum Gasteiger partial charge on any atom is -0.466 e. The molecule has 0 amide bonds. The lowest BCUT2D eigenvalue weighted by Gasteiger charge is -2.23. The quantitative estimate of drug-likeness (QED) is 0.297. The van der Waals surface area contributed by atoms with E-state index < -0.39 is 46.2 Å². The number of carbonyl (C=O) groups is 1. The zero-order valence-corrected chi connectivity index (χ0v) is 24.3. The molecule has 220 valence electrons. The topological polar surface area (TPSA) is 143 Å². The van der Waals surface area contributed by atoms with E-state index in [-0.39, 0.29) is 30.6 Å². The molecule has 0 spiro atoms. The minimum absolute atomic E-state index is 0.0759. The van der Waals surface area contributed by atoms with Gasteiger partial charge in [0.2, 0.25) is 10.0 Å². The Labute approximate surface area is 234 Å². The van der Waals surface area contributed by atoms with Gasteiger partial charge in [-0.05, 0) is 33.3 Å². The highest BCUT2D eigenvalue weighted by molar-refractivity contribution is 7.88. The van der Waals surface area contributed by atoms with Crippen LogP contribution in [-0.4, -0.2) is 69.9 Å². The zero-order valence-electron chi connectivity index (χ0n) is 23.5. The van der Waals surface area contributed by atoms with Gasteiger partial charge in [-0.1, -0.05) is 31.2 Å². The van der Waals surface area contributed by atoms with Crippen LogP contribution >= 0.6 is 0 Å². The third-order valence-electron chi connectivity index (χ3n) is 6.78. The lowest BCUT2D eigenvalue weighted by Crippen LogP contribution is -2.34. The van der Waals surface area contributed by atoms with E-state index in [2.05, 4.69) is 4.72 Å². The van der Waals surface area contributed by atoms with E-state index in [1.54, 1.807) is 51.1 Å². The van der Waals surface area contributed by atoms with Gasteiger partial charge in [-0.25, -0.2) is 17.9 Å². The van der Waals surface area contributed by atoms with E-state index in [0.29, 0.717) is 28.7 Å². The summed E-state index contributed by atoms with van der Waals surface area (Å²) in [5.41, 5.74) is 1.02. The predicted molar refractivity (Wildman–Crippen MR) is 147 cm³/mol. The molecule has 1 unspecified atom stereocenters. The SMILES string of the molecule is COCOc1cc2oc(CNS(C)(=O)=O)cc2c2c1C(=O)O[C@@H](C)[C@H](C)C=CC(O)[C@H]1OC(C)(C)O[C@H]1CC=C2.